The Morgan fingerprint density at radius 2 is 1.91 bits per heavy atom. The summed E-state index contributed by atoms with van der Waals surface area (Å²) in [5, 5.41) is 2.60. The topological polar surface area (TPSA) is 61.8 Å². The summed E-state index contributed by atoms with van der Waals surface area (Å²) in [6.45, 7) is 7.30. The van der Waals surface area contributed by atoms with E-state index in [2.05, 4.69) is 11.5 Å². The van der Waals surface area contributed by atoms with Gasteiger partial charge in [0.15, 0.2) is 5.83 Å². The first-order valence-corrected chi connectivity index (χ1v) is 15.6. The average molecular weight is 636 g/mol. The van der Waals surface area contributed by atoms with E-state index >= 15 is 4.39 Å². The van der Waals surface area contributed by atoms with E-state index in [0.717, 1.165) is 30.2 Å². The predicted molar refractivity (Wildman–Crippen MR) is 170 cm³/mol. The molecule has 7 nitrogen and oxygen atoms in total. The number of aromatic nitrogens is 2. The molecule has 3 fully saturated rings. The zero-order chi connectivity index (χ0) is 31.5. The summed E-state index contributed by atoms with van der Waals surface area (Å²) in [4.78, 5) is 27.4. The van der Waals surface area contributed by atoms with Gasteiger partial charge in [0, 0.05) is 60.0 Å². The smallest absolute Gasteiger partial charge is 0.319 e. The van der Waals surface area contributed by atoms with Gasteiger partial charge in [0.2, 0.25) is 0 Å². The van der Waals surface area contributed by atoms with Gasteiger partial charge in [-0.2, -0.15) is 9.97 Å². The first kappa shape index (κ1) is 29.8. The number of alkyl halides is 1. The number of benzene rings is 3. The van der Waals surface area contributed by atoms with Gasteiger partial charge < -0.3 is 14.5 Å². The SMILES string of the molecule is C=C(F)C(=O)N1CCN(c2nc(OC[C@@]34CCCN3C[C@H](F)C4)nc3cc(-c4cccc5cccc(Cl)c45)c(F)cc23)[C@@H](C)C1. The van der Waals surface area contributed by atoms with Crippen molar-refractivity contribution in [3.05, 3.63) is 71.8 Å². The van der Waals surface area contributed by atoms with Crippen molar-refractivity contribution in [3.8, 4) is 17.1 Å². The maximum Gasteiger partial charge on any atom is 0.319 e. The van der Waals surface area contributed by atoms with Crippen LogP contribution >= 0.6 is 11.6 Å². The van der Waals surface area contributed by atoms with Gasteiger partial charge in [0.05, 0.1) is 11.1 Å². The molecule has 3 aromatic carbocycles. The lowest BCUT2D eigenvalue weighted by molar-refractivity contribution is -0.129. The molecule has 4 heterocycles. The van der Waals surface area contributed by atoms with Crippen LogP contribution in [0.15, 0.2) is 60.9 Å². The molecule has 0 radical (unpaired) electrons. The van der Waals surface area contributed by atoms with Crippen molar-refractivity contribution in [1.29, 1.82) is 0 Å². The molecule has 234 valence electrons. The monoisotopic (exact) mass is 635 g/mol. The standard InChI is InChI=1S/C34H33ClF3N5O2/c1-20-17-41(32(44)21(2)36)12-13-43(20)31-26-14-28(38)25(24-8-3-6-22-7-4-9-27(35)30(22)24)15-29(26)39-33(40-31)45-19-34-10-5-11-42(34)18-23(37)16-34/h3-4,6-9,14-15,20,23H,2,5,10-13,16-19H2,1H3/t20-,23+,34-/m0/s1. The highest BCUT2D eigenvalue weighted by molar-refractivity contribution is 6.36. The van der Waals surface area contributed by atoms with Crippen LogP contribution in [-0.4, -0.2) is 82.8 Å². The van der Waals surface area contributed by atoms with Crippen LogP contribution in [0.25, 0.3) is 32.8 Å². The molecule has 7 rings (SSSR count). The quantitative estimate of drug-likeness (QED) is 0.219. The Labute approximate surface area is 264 Å². The van der Waals surface area contributed by atoms with E-state index in [4.69, 9.17) is 26.3 Å². The van der Waals surface area contributed by atoms with Crippen LogP contribution in [0, 0.1) is 5.82 Å². The number of hydrogen-bond acceptors (Lipinski definition) is 6. The fraction of sp³-hybridized carbons (Fsp3) is 0.382. The molecule has 0 bridgehead atoms. The van der Waals surface area contributed by atoms with E-state index in [1.165, 1.54) is 11.0 Å². The first-order valence-electron chi connectivity index (χ1n) is 15.2. The Morgan fingerprint density at radius 1 is 1.11 bits per heavy atom. The van der Waals surface area contributed by atoms with Gasteiger partial charge in [0.25, 0.3) is 5.91 Å². The predicted octanol–water partition coefficient (Wildman–Crippen LogP) is 6.72. The Balaban J connectivity index is 1.32. The minimum Gasteiger partial charge on any atom is -0.461 e. The summed E-state index contributed by atoms with van der Waals surface area (Å²) in [5.41, 5.74) is 1.03. The second-order valence-corrected chi connectivity index (χ2v) is 12.8. The Bertz CT molecular complexity index is 1830. The highest BCUT2D eigenvalue weighted by Crippen LogP contribution is 2.42. The van der Waals surface area contributed by atoms with Crippen molar-refractivity contribution < 1.29 is 22.7 Å². The van der Waals surface area contributed by atoms with Gasteiger partial charge in [-0.25, -0.2) is 13.2 Å². The minimum absolute atomic E-state index is 0.109. The molecule has 4 aromatic rings. The molecule has 3 aliphatic rings. The molecule has 1 aromatic heterocycles. The molecular formula is C34H33ClF3N5O2. The Kier molecular flexibility index (Phi) is 7.60. The molecule has 11 heteroatoms. The number of carbonyl (C=O) groups excluding carboxylic acids is 1. The molecule has 0 N–H and O–H groups in total. The third kappa shape index (κ3) is 5.27. The summed E-state index contributed by atoms with van der Waals surface area (Å²) in [6.07, 6.45) is 1.30. The number of anilines is 1. The van der Waals surface area contributed by atoms with Gasteiger partial charge in [0.1, 0.15) is 24.4 Å². The van der Waals surface area contributed by atoms with E-state index in [-0.39, 0.29) is 31.7 Å². The maximum atomic E-state index is 16.1. The van der Waals surface area contributed by atoms with Crippen molar-refractivity contribution in [1.82, 2.24) is 19.8 Å². The number of fused-ring (bicyclic) bond motifs is 3. The number of carbonyl (C=O) groups is 1. The summed E-state index contributed by atoms with van der Waals surface area (Å²) < 4.78 is 50.5. The van der Waals surface area contributed by atoms with E-state index in [0.29, 0.717) is 52.4 Å². The lowest BCUT2D eigenvalue weighted by atomic mass is 9.95. The molecular weight excluding hydrogens is 603 g/mol. The molecule has 1 amide bonds. The Hall–Kier alpha value is -3.89. The lowest BCUT2D eigenvalue weighted by Crippen LogP contribution is -2.54. The average Bonchev–Trinajstić information content (AvgIpc) is 3.54. The number of piperazine rings is 1. The van der Waals surface area contributed by atoms with Gasteiger partial charge in [-0.3, -0.25) is 9.69 Å². The molecule has 0 saturated carbocycles. The first-order chi connectivity index (χ1) is 21.6. The molecule has 3 saturated heterocycles. The molecule has 3 aliphatic heterocycles. The van der Waals surface area contributed by atoms with Gasteiger partial charge >= 0.3 is 6.01 Å². The van der Waals surface area contributed by atoms with Crippen LogP contribution in [0.3, 0.4) is 0 Å². The van der Waals surface area contributed by atoms with Crippen LogP contribution < -0.4 is 9.64 Å². The third-order valence-corrected chi connectivity index (χ3v) is 9.85. The number of amides is 1. The molecule has 45 heavy (non-hydrogen) atoms. The number of hydrogen-bond donors (Lipinski definition) is 0. The van der Waals surface area contributed by atoms with Crippen molar-refractivity contribution in [2.75, 3.05) is 44.2 Å². The fourth-order valence-corrected chi connectivity index (χ4v) is 7.68. The zero-order valence-electron chi connectivity index (χ0n) is 24.9. The van der Waals surface area contributed by atoms with Gasteiger partial charge in [-0.1, -0.05) is 48.5 Å². The molecule has 0 aliphatic carbocycles. The summed E-state index contributed by atoms with van der Waals surface area (Å²) in [6, 6.07) is 14.1. The number of ether oxygens (including phenoxy) is 1. The Morgan fingerprint density at radius 3 is 2.69 bits per heavy atom. The van der Waals surface area contributed by atoms with Gasteiger partial charge in [-0.15, -0.1) is 0 Å². The molecule has 0 unspecified atom stereocenters. The maximum absolute atomic E-state index is 16.1. The number of rotatable bonds is 6. The highest BCUT2D eigenvalue weighted by atomic mass is 35.5. The summed E-state index contributed by atoms with van der Waals surface area (Å²) in [5.74, 6) is -1.77. The normalized spacial score (nSPS) is 23.6. The van der Waals surface area contributed by atoms with Gasteiger partial charge in [-0.05, 0) is 55.5 Å². The highest BCUT2D eigenvalue weighted by Gasteiger charge is 2.49. The van der Waals surface area contributed by atoms with E-state index in [1.54, 1.807) is 12.1 Å². The summed E-state index contributed by atoms with van der Waals surface area (Å²) in [7, 11) is 0. The number of nitrogens with zero attached hydrogens (tertiary/aromatic N) is 5. The summed E-state index contributed by atoms with van der Waals surface area (Å²) >= 11 is 6.60. The minimum atomic E-state index is -1.01. The number of halogens is 4. The largest absolute Gasteiger partial charge is 0.461 e. The zero-order valence-corrected chi connectivity index (χ0v) is 25.7. The van der Waals surface area contributed by atoms with Crippen molar-refractivity contribution in [2.24, 2.45) is 0 Å². The molecule has 3 atom stereocenters. The van der Waals surface area contributed by atoms with Crippen LogP contribution in [0.1, 0.15) is 26.2 Å². The second-order valence-electron chi connectivity index (χ2n) is 12.4. The lowest BCUT2D eigenvalue weighted by Gasteiger charge is -2.40. The molecule has 0 spiro atoms. The fourth-order valence-electron chi connectivity index (χ4n) is 7.40. The van der Waals surface area contributed by atoms with E-state index in [9.17, 15) is 13.6 Å². The van der Waals surface area contributed by atoms with E-state index < -0.39 is 29.3 Å². The van der Waals surface area contributed by atoms with Crippen molar-refractivity contribution in [3.63, 3.8) is 0 Å². The van der Waals surface area contributed by atoms with Crippen molar-refractivity contribution in [2.45, 2.75) is 43.9 Å². The second kappa shape index (κ2) is 11.5. The van der Waals surface area contributed by atoms with E-state index in [1.807, 2.05) is 42.2 Å². The van der Waals surface area contributed by atoms with Crippen LogP contribution in [0.2, 0.25) is 5.02 Å². The van der Waals surface area contributed by atoms with Crippen molar-refractivity contribution >= 4 is 45.0 Å². The van der Waals surface area contributed by atoms with Crippen LogP contribution in [0.4, 0.5) is 19.0 Å². The van der Waals surface area contributed by atoms with Crippen LogP contribution in [0.5, 0.6) is 6.01 Å². The van der Waals surface area contributed by atoms with Crippen LogP contribution in [-0.2, 0) is 4.79 Å². The third-order valence-electron chi connectivity index (χ3n) is 9.54.